The number of aryl methyl sites for hydroxylation is 1. The molecule has 0 saturated heterocycles. The molecule has 0 spiro atoms. The van der Waals surface area contributed by atoms with Crippen LogP contribution in [0.1, 0.15) is 12.7 Å². The first-order valence-corrected chi connectivity index (χ1v) is 5.06. The summed E-state index contributed by atoms with van der Waals surface area (Å²) in [7, 11) is 0. The van der Waals surface area contributed by atoms with E-state index in [0.717, 1.165) is 22.5 Å². The van der Waals surface area contributed by atoms with Gasteiger partial charge in [-0.05, 0) is 32.0 Å². The Bertz CT molecular complexity index is 462. The lowest BCUT2D eigenvalue weighted by Gasteiger charge is -2.11. The van der Waals surface area contributed by atoms with Crippen LogP contribution < -0.4 is 10.5 Å². The van der Waals surface area contributed by atoms with Crippen molar-refractivity contribution in [2.45, 2.75) is 20.0 Å². The molecule has 0 aliphatic carbocycles. The zero-order valence-corrected chi connectivity index (χ0v) is 8.99. The second-order valence-corrected chi connectivity index (χ2v) is 3.72. The average molecular weight is 205 g/mol. The van der Waals surface area contributed by atoms with Crippen LogP contribution in [-0.4, -0.2) is 12.6 Å². The first-order valence-electron chi connectivity index (χ1n) is 5.06. The quantitative estimate of drug-likeness (QED) is 0.837. The van der Waals surface area contributed by atoms with Crippen LogP contribution in [-0.2, 0) is 0 Å². The molecule has 1 atom stereocenters. The molecule has 0 saturated carbocycles. The van der Waals surface area contributed by atoms with Gasteiger partial charge in [-0.15, -0.1) is 0 Å². The summed E-state index contributed by atoms with van der Waals surface area (Å²) in [6.45, 7) is 4.38. The highest BCUT2D eigenvalue weighted by atomic mass is 16.5. The van der Waals surface area contributed by atoms with Crippen LogP contribution in [0.4, 0.5) is 0 Å². The number of nitrogens with two attached hydrogens (primary N) is 1. The summed E-state index contributed by atoms with van der Waals surface area (Å²) < 4.78 is 11.1. The molecular weight excluding hydrogens is 190 g/mol. The fourth-order valence-corrected chi connectivity index (χ4v) is 1.50. The Morgan fingerprint density at radius 1 is 1.40 bits per heavy atom. The van der Waals surface area contributed by atoms with Gasteiger partial charge < -0.3 is 14.9 Å². The fraction of sp³-hybridized carbons (Fsp3) is 0.333. The molecule has 3 heteroatoms. The maximum absolute atomic E-state index is 5.60. The van der Waals surface area contributed by atoms with Crippen molar-refractivity contribution in [2.24, 2.45) is 5.73 Å². The molecule has 1 aromatic heterocycles. The van der Waals surface area contributed by atoms with Crippen LogP contribution in [0.25, 0.3) is 11.0 Å². The average Bonchev–Trinajstić information content (AvgIpc) is 2.57. The molecule has 0 bridgehead atoms. The molecule has 2 N–H and O–H groups in total. The Kier molecular flexibility index (Phi) is 2.64. The van der Waals surface area contributed by atoms with Gasteiger partial charge in [0.2, 0.25) is 0 Å². The van der Waals surface area contributed by atoms with Crippen LogP contribution >= 0.6 is 0 Å². The van der Waals surface area contributed by atoms with Crippen LogP contribution in [0.2, 0.25) is 0 Å². The molecule has 0 radical (unpaired) electrons. The second-order valence-electron chi connectivity index (χ2n) is 3.72. The molecule has 0 aliphatic rings. The van der Waals surface area contributed by atoms with Gasteiger partial charge in [0, 0.05) is 18.0 Å². The number of hydrogen-bond acceptors (Lipinski definition) is 3. The van der Waals surface area contributed by atoms with Gasteiger partial charge in [-0.3, -0.25) is 0 Å². The van der Waals surface area contributed by atoms with Crippen molar-refractivity contribution in [3.63, 3.8) is 0 Å². The summed E-state index contributed by atoms with van der Waals surface area (Å²) in [6, 6.07) is 7.83. The molecule has 2 aromatic rings. The molecule has 15 heavy (non-hydrogen) atoms. The molecule has 0 aliphatic heterocycles. The lowest BCUT2D eigenvalue weighted by molar-refractivity contribution is 0.230. The molecule has 1 heterocycles. The van der Waals surface area contributed by atoms with Gasteiger partial charge in [-0.25, -0.2) is 0 Å². The summed E-state index contributed by atoms with van der Waals surface area (Å²) in [5.74, 6) is 1.71. The van der Waals surface area contributed by atoms with Crippen LogP contribution in [0.5, 0.6) is 5.75 Å². The Balaban J connectivity index is 2.30. The number of fused-ring (bicyclic) bond motifs is 1. The van der Waals surface area contributed by atoms with Crippen molar-refractivity contribution < 1.29 is 9.15 Å². The maximum atomic E-state index is 5.60. The number of ether oxygens (including phenoxy) is 1. The summed E-state index contributed by atoms with van der Waals surface area (Å²) in [5.41, 5.74) is 6.34. The maximum Gasteiger partial charge on any atom is 0.137 e. The van der Waals surface area contributed by atoms with Crippen molar-refractivity contribution in [1.29, 1.82) is 0 Å². The Hall–Kier alpha value is -1.48. The summed E-state index contributed by atoms with van der Waals surface area (Å²) in [4.78, 5) is 0. The summed E-state index contributed by atoms with van der Waals surface area (Å²) in [5, 5.41) is 1.10. The number of benzene rings is 1. The minimum absolute atomic E-state index is 0.0264. The lowest BCUT2D eigenvalue weighted by atomic mass is 10.2. The van der Waals surface area contributed by atoms with Crippen LogP contribution in [0, 0.1) is 6.92 Å². The number of hydrogen-bond donors (Lipinski definition) is 1. The number of furan rings is 1. The molecule has 80 valence electrons. The third-order valence-corrected chi connectivity index (χ3v) is 2.28. The smallest absolute Gasteiger partial charge is 0.137 e. The van der Waals surface area contributed by atoms with Gasteiger partial charge in [-0.2, -0.15) is 0 Å². The summed E-state index contributed by atoms with van der Waals surface area (Å²) >= 11 is 0. The lowest BCUT2D eigenvalue weighted by Crippen LogP contribution is -2.22. The molecule has 1 aromatic carbocycles. The highest BCUT2D eigenvalue weighted by Crippen LogP contribution is 2.24. The minimum Gasteiger partial charge on any atom is -0.489 e. The van der Waals surface area contributed by atoms with Crippen molar-refractivity contribution in [1.82, 2.24) is 0 Å². The molecule has 3 nitrogen and oxygen atoms in total. The normalized spacial score (nSPS) is 13.0. The van der Waals surface area contributed by atoms with E-state index in [9.17, 15) is 0 Å². The predicted molar refractivity (Wildman–Crippen MR) is 60.1 cm³/mol. The Morgan fingerprint density at radius 3 is 2.93 bits per heavy atom. The van der Waals surface area contributed by atoms with Crippen molar-refractivity contribution in [3.05, 3.63) is 30.0 Å². The summed E-state index contributed by atoms with van der Waals surface area (Å²) in [6.07, 6.45) is 0.0264. The highest BCUT2D eigenvalue weighted by Gasteiger charge is 2.04. The highest BCUT2D eigenvalue weighted by molar-refractivity contribution is 5.79. The van der Waals surface area contributed by atoms with E-state index in [4.69, 9.17) is 14.9 Å². The van der Waals surface area contributed by atoms with Crippen LogP contribution in [0.15, 0.2) is 28.7 Å². The topological polar surface area (TPSA) is 48.4 Å². The Labute approximate surface area is 88.8 Å². The third-order valence-electron chi connectivity index (χ3n) is 2.28. The molecule has 0 fully saturated rings. The zero-order chi connectivity index (χ0) is 10.8. The zero-order valence-electron chi connectivity index (χ0n) is 8.99. The standard InChI is InChI=1S/C12H15NO2/c1-8-5-10-3-4-11(6-12(10)15-8)14-9(2)7-13/h3-6,9H,7,13H2,1-2H3. The molecule has 0 amide bonds. The van der Waals surface area contributed by atoms with E-state index in [2.05, 4.69) is 0 Å². The van der Waals surface area contributed by atoms with E-state index < -0.39 is 0 Å². The first kappa shape index (κ1) is 10.1. The second kappa shape index (κ2) is 3.95. The monoisotopic (exact) mass is 205 g/mol. The van der Waals surface area contributed by atoms with E-state index in [1.165, 1.54) is 0 Å². The van der Waals surface area contributed by atoms with E-state index >= 15 is 0 Å². The third kappa shape index (κ3) is 2.13. The van der Waals surface area contributed by atoms with Gasteiger partial charge >= 0.3 is 0 Å². The number of rotatable bonds is 3. The van der Waals surface area contributed by atoms with Gasteiger partial charge in [0.15, 0.2) is 0 Å². The van der Waals surface area contributed by atoms with Gasteiger partial charge in [0.1, 0.15) is 23.2 Å². The minimum atomic E-state index is 0.0264. The Morgan fingerprint density at radius 2 is 2.20 bits per heavy atom. The molecular formula is C12H15NO2. The first-order chi connectivity index (χ1) is 7.19. The van der Waals surface area contributed by atoms with E-state index in [1.54, 1.807) is 0 Å². The molecule has 2 rings (SSSR count). The van der Waals surface area contributed by atoms with Gasteiger partial charge in [0.05, 0.1) is 0 Å². The van der Waals surface area contributed by atoms with Crippen molar-refractivity contribution in [3.8, 4) is 5.75 Å². The van der Waals surface area contributed by atoms with Crippen LogP contribution in [0.3, 0.4) is 0 Å². The van der Waals surface area contributed by atoms with E-state index in [0.29, 0.717) is 6.54 Å². The predicted octanol–water partition coefficient (Wildman–Crippen LogP) is 2.47. The largest absolute Gasteiger partial charge is 0.489 e. The van der Waals surface area contributed by atoms with E-state index in [1.807, 2.05) is 38.1 Å². The SMILES string of the molecule is Cc1cc2ccc(OC(C)CN)cc2o1. The van der Waals surface area contributed by atoms with Crippen molar-refractivity contribution in [2.75, 3.05) is 6.54 Å². The van der Waals surface area contributed by atoms with E-state index in [-0.39, 0.29) is 6.10 Å². The fourth-order valence-electron chi connectivity index (χ4n) is 1.50. The van der Waals surface area contributed by atoms with Gasteiger partial charge in [-0.1, -0.05) is 0 Å². The van der Waals surface area contributed by atoms with Crippen molar-refractivity contribution >= 4 is 11.0 Å². The molecule has 1 unspecified atom stereocenters. The van der Waals surface area contributed by atoms with Gasteiger partial charge in [0.25, 0.3) is 0 Å².